The average molecular weight is 243 g/mol. The van der Waals surface area contributed by atoms with Crippen molar-refractivity contribution >= 4 is 39.0 Å². The Morgan fingerprint density at radius 1 is 1.17 bits per heavy atom. The van der Waals surface area contributed by atoms with Gasteiger partial charge in [-0.1, -0.05) is 0 Å². The van der Waals surface area contributed by atoms with Gasteiger partial charge < -0.3 is 9.47 Å². The van der Waals surface area contributed by atoms with Gasteiger partial charge in [-0.05, 0) is 34.1 Å². The van der Waals surface area contributed by atoms with Crippen LogP contribution in [-0.4, -0.2) is 37.3 Å². The molecule has 1 aromatic rings. The van der Waals surface area contributed by atoms with Gasteiger partial charge in [-0.25, -0.2) is 0 Å². The molecule has 0 aromatic heterocycles. The van der Waals surface area contributed by atoms with E-state index in [1.807, 2.05) is 18.2 Å². The number of methoxy groups -OCH3 is 2. The molecule has 2 nitrogen and oxygen atoms in total. The number of benzene rings is 1. The van der Waals surface area contributed by atoms with Crippen molar-refractivity contribution in [3.8, 4) is 11.5 Å². The van der Waals surface area contributed by atoms with Crippen molar-refractivity contribution in [1.29, 1.82) is 0 Å². The SMILES string of the molecule is COc1ccc(OC)c(Br)c1.[MgH2]. The van der Waals surface area contributed by atoms with E-state index in [1.165, 1.54) is 0 Å². The van der Waals surface area contributed by atoms with Gasteiger partial charge in [0, 0.05) is 0 Å². The van der Waals surface area contributed by atoms with Crippen molar-refractivity contribution in [2.45, 2.75) is 0 Å². The van der Waals surface area contributed by atoms with E-state index in [-0.39, 0.29) is 23.1 Å². The fourth-order valence-electron chi connectivity index (χ4n) is 0.774. The summed E-state index contributed by atoms with van der Waals surface area (Å²) in [5, 5.41) is 0. The lowest BCUT2D eigenvalue weighted by molar-refractivity contribution is 0.401. The van der Waals surface area contributed by atoms with E-state index < -0.39 is 0 Å². The molecule has 0 fully saturated rings. The van der Waals surface area contributed by atoms with Gasteiger partial charge in [0.25, 0.3) is 0 Å². The quantitative estimate of drug-likeness (QED) is 0.734. The molecule has 1 aromatic carbocycles. The number of hydrogen-bond acceptors (Lipinski definition) is 2. The second-order valence-corrected chi connectivity index (χ2v) is 2.85. The lowest BCUT2D eigenvalue weighted by Crippen LogP contribution is -1.86. The average Bonchev–Trinajstić information content (AvgIpc) is 2.04. The monoisotopic (exact) mass is 242 g/mol. The van der Waals surface area contributed by atoms with Crippen molar-refractivity contribution in [3.05, 3.63) is 22.7 Å². The summed E-state index contributed by atoms with van der Waals surface area (Å²) in [6, 6.07) is 5.56. The highest BCUT2D eigenvalue weighted by Gasteiger charge is 1.99. The predicted octanol–water partition coefficient (Wildman–Crippen LogP) is 1.55. The second-order valence-electron chi connectivity index (χ2n) is 2.00. The van der Waals surface area contributed by atoms with Gasteiger partial charge in [0.1, 0.15) is 11.5 Å². The normalized spacial score (nSPS) is 8.58. The summed E-state index contributed by atoms with van der Waals surface area (Å²) in [4.78, 5) is 0. The summed E-state index contributed by atoms with van der Waals surface area (Å²) >= 11 is 3.34. The molecule has 0 heterocycles. The summed E-state index contributed by atoms with van der Waals surface area (Å²) in [5.74, 6) is 1.63. The number of ether oxygens (including phenoxy) is 2. The summed E-state index contributed by atoms with van der Waals surface area (Å²) in [6.07, 6.45) is 0. The van der Waals surface area contributed by atoms with Gasteiger partial charge in [-0.3, -0.25) is 0 Å². The van der Waals surface area contributed by atoms with Crippen molar-refractivity contribution in [3.63, 3.8) is 0 Å². The third-order valence-electron chi connectivity index (χ3n) is 1.36. The Hall–Kier alpha value is 0.0662. The first kappa shape index (κ1) is 12.1. The Labute approximate surface area is 96.5 Å². The lowest BCUT2D eigenvalue weighted by Gasteiger charge is -2.04. The first-order valence-corrected chi connectivity index (χ1v) is 3.94. The van der Waals surface area contributed by atoms with Crippen LogP contribution in [0, 0.1) is 0 Å². The van der Waals surface area contributed by atoms with Crippen LogP contribution in [0.3, 0.4) is 0 Å². The van der Waals surface area contributed by atoms with Crippen LogP contribution in [0.1, 0.15) is 0 Å². The van der Waals surface area contributed by atoms with Crippen LogP contribution in [0.5, 0.6) is 11.5 Å². The second kappa shape index (κ2) is 5.67. The van der Waals surface area contributed by atoms with E-state index in [0.717, 1.165) is 16.0 Å². The minimum absolute atomic E-state index is 0. The Morgan fingerprint density at radius 2 is 1.83 bits per heavy atom. The zero-order valence-corrected chi connectivity index (χ0v) is 8.01. The molecule has 12 heavy (non-hydrogen) atoms. The standard InChI is InChI=1S/C8H9BrO2.Mg.2H/c1-10-6-3-4-8(11-2)7(9)5-6;;;/h3-5H,1-2H3;;;. The fraction of sp³-hybridized carbons (Fsp3) is 0.250. The van der Waals surface area contributed by atoms with Crippen molar-refractivity contribution in [1.82, 2.24) is 0 Å². The Bertz CT molecular complexity index is 253. The molecule has 0 saturated heterocycles. The van der Waals surface area contributed by atoms with E-state index in [1.54, 1.807) is 14.2 Å². The van der Waals surface area contributed by atoms with Gasteiger partial charge in [-0.15, -0.1) is 0 Å². The van der Waals surface area contributed by atoms with Gasteiger partial charge in [0.2, 0.25) is 0 Å². The molecule has 0 radical (unpaired) electrons. The van der Waals surface area contributed by atoms with E-state index in [9.17, 15) is 0 Å². The molecule has 0 bridgehead atoms. The summed E-state index contributed by atoms with van der Waals surface area (Å²) in [7, 11) is 3.26. The molecule has 64 valence electrons. The van der Waals surface area contributed by atoms with Gasteiger partial charge in [0.15, 0.2) is 0 Å². The minimum Gasteiger partial charge on any atom is -0.497 e. The van der Waals surface area contributed by atoms with E-state index in [0.29, 0.717) is 0 Å². The predicted molar refractivity (Wildman–Crippen MR) is 55.8 cm³/mol. The van der Waals surface area contributed by atoms with Crippen LogP contribution < -0.4 is 9.47 Å². The minimum atomic E-state index is 0. The van der Waals surface area contributed by atoms with Gasteiger partial charge in [-0.2, -0.15) is 0 Å². The highest BCUT2D eigenvalue weighted by Crippen LogP contribution is 2.28. The van der Waals surface area contributed by atoms with E-state index in [4.69, 9.17) is 9.47 Å². The van der Waals surface area contributed by atoms with Crippen LogP contribution in [0.4, 0.5) is 0 Å². The molecule has 0 aliphatic heterocycles. The molecule has 0 unspecified atom stereocenters. The molecule has 1 rings (SSSR count). The zero-order valence-electron chi connectivity index (χ0n) is 6.43. The lowest BCUT2D eigenvalue weighted by atomic mass is 10.3. The van der Waals surface area contributed by atoms with Crippen molar-refractivity contribution in [2.75, 3.05) is 14.2 Å². The molecule has 0 aliphatic carbocycles. The maximum atomic E-state index is 5.04. The highest BCUT2D eigenvalue weighted by molar-refractivity contribution is 9.10. The molecular weight excluding hydrogens is 232 g/mol. The molecule has 4 heteroatoms. The summed E-state index contributed by atoms with van der Waals surface area (Å²) < 4.78 is 11.0. The number of halogens is 1. The third-order valence-corrected chi connectivity index (χ3v) is 1.98. The number of rotatable bonds is 2. The highest BCUT2D eigenvalue weighted by atomic mass is 79.9. The Balaban J connectivity index is 0.00000121. The maximum absolute atomic E-state index is 5.04. The topological polar surface area (TPSA) is 18.5 Å². The molecule has 0 N–H and O–H groups in total. The fourth-order valence-corrected chi connectivity index (χ4v) is 1.29. The van der Waals surface area contributed by atoms with Crippen molar-refractivity contribution in [2.24, 2.45) is 0 Å². The first-order valence-electron chi connectivity index (χ1n) is 3.15. The Kier molecular flexibility index (Phi) is 5.70. The van der Waals surface area contributed by atoms with Crippen LogP contribution in [0.2, 0.25) is 0 Å². The molecule has 0 spiro atoms. The van der Waals surface area contributed by atoms with Crippen LogP contribution in [-0.2, 0) is 0 Å². The molecule has 0 saturated carbocycles. The third kappa shape index (κ3) is 2.84. The molecule has 0 amide bonds. The van der Waals surface area contributed by atoms with Crippen molar-refractivity contribution < 1.29 is 9.47 Å². The van der Waals surface area contributed by atoms with Gasteiger partial charge in [0.05, 0.1) is 18.7 Å². The van der Waals surface area contributed by atoms with Crippen LogP contribution in [0.25, 0.3) is 0 Å². The zero-order chi connectivity index (χ0) is 8.27. The number of hydrogen-bond donors (Lipinski definition) is 0. The smallest absolute Gasteiger partial charge is 0.316 e. The molecular formula is C8H11BrMgO2. The van der Waals surface area contributed by atoms with Crippen LogP contribution >= 0.6 is 15.9 Å². The summed E-state index contributed by atoms with van der Waals surface area (Å²) in [6.45, 7) is 0. The Morgan fingerprint density at radius 3 is 2.25 bits per heavy atom. The van der Waals surface area contributed by atoms with Gasteiger partial charge >= 0.3 is 23.1 Å². The van der Waals surface area contributed by atoms with E-state index in [2.05, 4.69) is 15.9 Å². The van der Waals surface area contributed by atoms with E-state index >= 15 is 0 Å². The maximum Gasteiger partial charge on any atom is 0.316 e. The molecule has 0 aliphatic rings. The van der Waals surface area contributed by atoms with Crippen LogP contribution in [0.15, 0.2) is 22.7 Å². The largest absolute Gasteiger partial charge is 0.497 e. The molecule has 0 atom stereocenters. The summed E-state index contributed by atoms with van der Waals surface area (Å²) in [5.41, 5.74) is 0. The first-order chi connectivity index (χ1) is 5.27.